The van der Waals surface area contributed by atoms with Crippen LogP contribution in [0.25, 0.3) is 0 Å². The average molecular weight is 292 g/mol. The van der Waals surface area contributed by atoms with Gasteiger partial charge in [0.1, 0.15) is 0 Å². The van der Waals surface area contributed by atoms with Gasteiger partial charge in [-0.15, -0.1) is 0 Å². The summed E-state index contributed by atoms with van der Waals surface area (Å²) in [5.41, 5.74) is 1.77. The fourth-order valence-electron chi connectivity index (χ4n) is 2.88. The second-order valence-electron chi connectivity index (χ2n) is 5.63. The van der Waals surface area contributed by atoms with E-state index < -0.39 is 0 Å². The number of methoxy groups -OCH3 is 1. The number of carbonyl (C=O) groups excluding carboxylic acids is 1. The van der Waals surface area contributed by atoms with E-state index in [2.05, 4.69) is 12.2 Å². The van der Waals surface area contributed by atoms with Crippen LogP contribution < -0.4 is 5.32 Å². The largest absolute Gasteiger partial charge is 0.394 e. The zero-order valence-corrected chi connectivity index (χ0v) is 12.7. The van der Waals surface area contributed by atoms with Crippen molar-refractivity contribution >= 4 is 11.7 Å². The number of aliphatic hydroxyl groups is 1. The predicted octanol–water partition coefficient (Wildman–Crippen LogP) is 2.46. The lowest BCUT2D eigenvalue weighted by atomic mass is 9.91. The zero-order chi connectivity index (χ0) is 15.2. The Labute approximate surface area is 125 Å². The van der Waals surface area contributed by atoms with Crippen molar-refractivity contribution in [1.29, 1.82) is 0 Å². The second kappa shape index (κ2) is 7.43. The van der Waals surface area contributed by atoms with Crippen molar-refractivity contribution in [3.63, 3.8) is 0 Å². The molecule has 1 saturated heterocycles. The molecule has 1 heterocycles. The molecule has 2 amide bonds. The van der Waals surface area contributed by atoms with Gasteiger partial charge in [-0.1, -0.05) is 19.1 Å². The van der Waals surface area contributed by atoms with Crippen molar-refractivity contribution in [2.45, 2.75) is 32.4 Å². The summed E-state index contributed by atoms with van der Waals surface area (Å²) < 4.78 is 5.10. The minimum absolute atomic E-state index is 0.0122. The molecule has 2 rings (SSSR count). The maximum Gasteiger partial charge on any atom is 0.322 e. The number of rotatable bonds is 4. The summed E-state index contributed by atoms with van der Waals surface area (Å²) in [5, 5.41) is 12.4. The number of likely N-dealkylation sites (tertiary alicyclic amines) is 1. The minimum Gasteiger partial charge on any atom is -0.394 e. The molecule has 0 aliphatic carbocycles. The quantitative estimate of drug-likeness (QED) is 0.896. The summed E-state index contributed by atoms with van der Waals surface area (Å²) in [4.78, 5) is 14.2. The van der Waals surface area contributed by atoms with Gasteiger partial charge in [-0.25, -0.2) is 4.79 Å². The first kappa shape index (κ1) is 15.8. The third-order valence-corrected chi connectivity index (χ3v) is 4.05. The van der Waals surface area contributed by atoms with Crippen LogP contribution in [-0.4, -0.2) is 42.3 Å². The van der Waals surface area contributed by atoms with Crippen LogP contribution in [0.15, 0.2) is 24.3 Å². The normalized spacial score (nSPS) is 22.1. The number of aliphatic hydroxyl groups excluding tert-OH is 1. The Kier molecular flexibility index (Phi) is 5.59. The monoisotopic (exact) mass is 292 g/mol. The van der Waals surface area contributed by atoms with Crippen LogP contribution in [0.2, 0.25) is 0 Å². The number of anilines is 1. The number of nitrogens with one attached hydrogen (secondary N) is 1. The highest BCUT2D eigenvalue weighted by atomic mass is 16.5. The van der Waals surface area contributed by atoms with Crippen molar-refractivity contribution in [2.24, 2.45) is 5.92 Å². The number of nitrogens with zero attached hydrogens (tertiary/aromatic N) is 1. The van der Waals surface area contributed by atoms with Gasteiger partial charge in [-0.05, 0) is 36.5 Å². The molecule has 0 saturated carbocycles. The van der Waals surface area contributed by atoms with Gasteiger partial charge in [0.25, 0.3) is 0 Å². The maximum atomic E-state index is 12.4. The third-order valence-electron chi connectivity index (χ3n) is 4.05. The van der Waals surface area contributed by atoms with Crippen LogP contribution in [0, 0.1) is 5.92 Å². The number of hydrogen-bond acceptors (Lipinski definition) is 3. The van der Waals surface area contributed by atoms with Crippen molar-refractivity contribution in [2.75, 3.05) is 25.6 Å². The van der Waals surface area contributed by atoms with Crippen LogP contribution in [0.3, 0.4) is 0 Å². The summed E-state index contributed by atoms with van der Waals surface area (Å²) >= 11 is 0. The molecular formula is C16H24N2O3. The van der Waals surface area contributed by atoms with E-state index in [1.165, 1.54) is 0 Å². The number of benzene rings is 1. The van der Waals surface area contributed by atoms with Crippen molar-refractivity contribution < 1.29 is 14.6 Å². The van der Waals surface area contributed by atoms with Crippen molar-refractivity contribution in [1.82, 2.24) is 4.90 Å². The standard InChI is InChI=1S/C16H24N2O3/c1-12-5-4-8-18(15(12)10-19)16(20)17-14-7-3-6-13(9-14)11-21-2/h3,6-7,9,12,15,19H,4-5,8,10-11H2,1-2H3,(H,17,20). The van der Waals surface area contributed by atoms with E-state index in [1.807, 2.05) is 24.3 Å². The highest BCUT2D eigenvalue weighted by Gasteiger charge is 2.31. The first-order chi connectivity index (χ1) is 10.2. The van der Waals surface area contributed by atoms with Gasteiger partial charge in [0.2, 0.25) is 0 Å². The number of amides is 2. The van der Waals surface area contributed by atoms with E-state index in [-0.39, 0.29) is 18.7 Å². The lowest BCUT2D eigenvalue weighted by molar-refractivity contribution is 0.0811. The van der Waals surface area contributed by atoms with Gasteiger partial charge in [-0.2, -0.15) is 0 Å². The Balaban J connectivity index is 2.04. The van der Waals surface area contributed by atoms with Crippen LogP contribution in [0.5, 0.6) is 0 Å². The molecule has 0 spiro atoms. The van der Waals surface area contributed by atoms with Gasteiger partial charge in [0, 0.05) is 19.3 Å². The Bertz CT molecular complexity index is 478. The van der Waals surface area contributed by atoms with E-state index in [4.69, 9.17) is 4.74 Å². The van der Waals surface area contributed by atoms with Gasteiger partial charge < -0.3 is 20.1 Å². The molecular weight excluding hydrogens is 268 g/mol. The zero-order valence-electron chi connectivity index (χ0n) is 12.7. The minimum atomic E-state index is -0.143. The van der Waals surface area contributed by atoms with Gasteiger partial charge >= 0.3 is 6.03 Å². The molecule has 1 aliphatic heterocycles. The van der Waals surface area contributed by atoms with E-state index in [9.17, 15) is 9.90 Å². The fourth-order valence-corrected chi connectivity index (χ4v) is 2.88. The molecule has 2 unspecified atom stereocenters. The third kappa shape index (κ3) is 3.95. The molecule has 1 fully saturated rings. The van der Waals surface area contributed by atoms with Gasteiger partial charge in [0.15, 0.2) is 0 Å². The van der Waals surface area contributed by atoms with E-state index in [0.717, 1.165) is 24.1 Å². The van der Waals surface area contributed by atoms with Crippen LogP contribution in [0.4, 0.5) is 10.5 Å². The van der Waals surface area contributed by atoms with Crippen LogP contribution >= 0.6 is 0 Å². The first-order valence-electron chi connectivity index (χ1n) is 7.42. The smallest absolute Gasteiger partial charge is 0.322 e. The molecule has 0 bridgehead atoms. The van der Waals surface area contributed by atoms with Crippen molar-refractivity contribution in [3.05, 3.63) is 29.8 Å². The number of hydrogen-bond donors (Lipinski definition) is 2. The Morgan fingerprint density at radius 1 is 1.52 bits per heavy atom. The number of carbonyl (C=O) groups is 1. The molecule has 1 aliphatic rings. The lowest BCUT2D eigenvalue weighted by Gasteiger charge is -2.38. The molecule has 1 aromatic rings. The second-order valence-corrected chi connectivity index (χ2v) is 5.63. The van der Waals surface area contributed by atoms with Gasteiger partial charge in [-0.3, -0.25) is 0 Å². The summed E-state index contributed by atoms with van der Waals surface area (Å²) in [6.45, 7) is 3.31. The highest BCUT2D eigenvalue weighted by molar-refractivity contribution is 5.89. The number of urea groups is 1. The molecule has 0 aromatic heterocycles. The summed E-state index contributed by atoms with van der Waals surface area (Å²) in [5.74, 6) is 0.328. The SMILES string of the molecule is COCc1cccc(NC(=O)N2CCCC(C)C2CO)c1. The van der Waals surface area contributed by atoms with Gasteiger partial charge in [0.05, 0.1) is 19.3 Å². The Morgan fingerprint density at radius 3 is 3.05 bits per heavy atom. The Morgan fingerprint density at radius 2 is 2.33 bits per heavy atom. The molecule has 2 N–H and O–H groups in total. The molecule has 116 valence electrons. The van der Waals surface area contributed by atoms with Crippen LogP contribution in [-0.2, 0) is 11.3 Å². The molecule has 5 nitrogen and oxygen atoms in total. The number of ether oxygens (including phenoxy) is 1. The van der Waals surface area contributed by atoms with E-state index in [1.54, 1.807) is 12.0 Å². The summed E-state index contributed by atoms with van der Waals surface area (Å²) in [6.07, 6.45) is 2.03. The number of piperidine rings is 1. The van der Waals surface area contributed by atoms with Crippen LogP contribution in [0.1, 0.15) is 25.3 Å². The Hall–Kier alpha value is -1.59. The topological polar surface area (TPSA) is 61.8 Å². The maximum absolute atomic E-state index is 12.4. The average Bonchev–Trinajstić information content (AvgIpc) is 2.47. The molecule has 5 heteroatoms. The molecule has 1 aromatic carbocycles. The summed E-state index contributed by atoms with van der Waals surface area (Å²) in [6, 6.07) is 7.38. The molecule has 2 atom stereocenters. The first-order valence-corrected chi connectivity index (χ1v) is 7.42. The molecule has 0 radical (unpaired) electrons. The summed E-state index contributed by atoms with van der Waals surface area (Å²) in [7, 11) is 1.65. The lowest BCUT2D eigenvalue weighted by Crippen LogP contribution is -2.51. The highest BCUT2D eigenvalue weighted by Crippen LogP contribution is 2.24. The van der Waals surface area contributed by atoms with Crippen molar-refractivity contribution in [3.8, 4) is 0 Å². The van der Waals surface area contributed by atoms with E-state index in [0.29, 0.717) is 19.1 Å². The predicted molar refractivity (Wildman–Crippen MR) is 82.2 cm³/mol. The molecule has 21 heavy (non-hydrogen) atoms. The fraction of sp³-hybridized carbons (Fsp3) is 0.562. The van der Waals surface area contributed by atoms with E-state index >= 15 is 0 Å².